The van der Waals surface area contributed by atoms with Gasteiger partial charge in [0.2, 0.25) is 0 Å². The Morgan fingerprint density at radius 2 is 2.09 bits per heavy atom. The Labute approximate surface area is 63.7 Å². The number of urea groups is 1. The molecule has 62 valence electrons. The zero-order valence-electron chi connectivity index (χ0n) is 6.00. The van der Waals surface area contributed by atoms with Crippen LogP contribution in [0, 0.1) is 0 Å². The Kier molecular flexibility index (Phi) is 4.05. The lowest BCUT2D eigenvalue weighted by Crippen LogP contribution is -2.44. The van der Waals surface area contributed by atoms with Gasteiger partial charge in [-0.15, -0.1) is 0 Å². The summed E-state index contributed by atoms with van der Waals surface area (Å²) >= 11 is 0. The Bertz CT molecular complexity index is 160. The molecule has 0 rings (SSSR count). The van der Waals surface area contributed by atoms with Crippen molar-refractivity contribution in [2.24, 2.45) is 0 Å². The minimum absolute atomic E-state index is 0.460. The van der Waals surface area contributed by atoms with Gasteiger partial charge in [0.05, 0.1) is 0 Å². The average Bonchev–Trinajstić information content (AvgIpc) is 1.82. The predicted octanol–water partition coefficient (Wildman–Crippen LogP) is -1.52. The van der Waals surface area contributed by atoms with E-state index < -0.39 is 25.6 Å². The van der Waals surface area contributed by atoms with Crippen LogP contribution < -0.4 is 10.5 Å². The molecule has 0 aliphatic carbocycles. The van der Waals surface area contributed by atoms with Crippen molar-refractivity contribution in [1.29, 1.82) is 0 Å². The number of carboxylic acids is 1. The normalized spacial score (nSPS) is 8.55. The molecule has 7 heteroatoms. The summed E-state index contributed by atoms with van der Waals surface area (Å²) in [5, 5.41) is 20.7. The molecule has 0 bridgehead atoms. The fraction of sp³-hybridized carbons (Fsp3) is 0.500. The van der Waals surface area contributed by atoms with Gasteiger partial charge in [0, 0.05) is 0 Å². The van der Waals surface area contributed by atoms with E-state index in [0.717, 1.165) is 0 Å². The second-order valence-electron chi connectivity index (χ2n) is 1.90. The smallest absolute Gasteiger partial charge is 0.410 e. The second kappa shape index (κ2) is 4.56. The summed E-state index contributed by atoms with van der Waals surface area (Å²) in [7, 11) is -0.983. The molecule has 0 aliphatic rings. The molecule has 0 aromatic heterocycles. The van der Waals surface area contributed by atoms with Crippen molar-refractivity contribution in [3.8, 4) is 0 Å². The molecule has 0 saturated carbocycles. The molecule has 11 heavy (non-hydrogen) atoms. The quantitative estimate of drug-likeness (QED) is 0.376. The Morgan fingerprint density at radius 1 is 1.55 bits per heavy atom. The Balaban J connectivity index is 3.45. The molecule has 4 N–H and O–H groups in total. The van der Waals surface area contributed by atoms with Crippen LogP contribution in [0.1, 0.15) is 0 Å². The monoisotopic (exact) mass is 160 g/mol. The van der Waals surface area contributed by atoms with E-state index in [2.05, 4.69) is 0 Å². The van der Waals surface area contributed by atoms with Crippen molar-refractivity contribution >= 4 is 19.1 Å². The van der Waals surface area contributed by atoms with Gasteiger partial charge in [-0.25, -0.2) is 0 Å². The van der Waals surface area contributed by atoms with E-state index >= 15 is 0 Å². The minimum atomic E-state index is -1.13. The second-order valence-corrected chi connectivity index (χ2v) is 1.90. The van der Waals surface area contributed by atoms with E-state index in [1.807, 2.05) is 10.5 Å². The number of carbonyl (C=O) groups is 2. The standard InChI is InChI=1S/C4H9BN2O4/c1-5(11)7-4(10)6-2-3(8)9/h11H,2H2,1H3,(H,8,9)(H2,6,7,10). The maximum atomic E-state index is 10.5. The van der Waals surface area contributed by atoms with Crippen LogP contribution in [-0.4, -0.2) is 35.7 Å². The molecular weight excluding hydrogens is 151 g/mol. The molecule has 0 aromatic rings. The number of aliphatic carboxylic acids is 1. The zero-order valence-corrected chi connectivity index (χ0v) is 6.00. The van der Waals surface area contributed by atoms with Crippen molar-refractivity contribution in [3.63, 3.8) is 0 Å². The van der Waals surface area contributed by atoms with Gasteiger partial charge in [-0.1, -0.05) is 0 Å². The van der Waals surface area contributed by atoms with Gasteiger partial charge in [0.15, 0.2) is 0 Å². The third-order valence-electron chi connectivity index (χ3n) is 0.740. The molecule has 0 fully saturated rings. The van der Waals surface area contributed by atoms with Gasteiger partial charge in [-0.2, -0.15) is 0 Å². The summed E-state index contributed by atoms with van der Waals surface area (Å²) in [6.07, 6.45) is 0. The van der Waals surface area contributed by atoms with Crippen LogP contribution in [-0.2, 0) is 4.79 Å². The largest absolute Gasteiger partial charge is 0.480 e. The van der Waals surface area contributed by atoms with Gasteiger partial charge in [0.25, 0.3) is 0 Å². The number of hydrogen-bond donors (Lipinski definition) is 4. The predicted molar refractivity (Wildman–Crippen MR) is 38.0 cm³/mol. The summed E-state index contributed by atoms with van der Waals surface area (Å²) in [6.45, 7) is 0.888. The third kappa shape index (κ3) is 6.65. The highest BCUT2D eigenvalue weighted by atomic mass is 16.4. The first kappa shape index (κ1) is 9.76. The van der Waals surface area contributed by atoms with Crippen LogP contribution >= 0.6 is 0 Å². The highest BCUT2D eigenvalue weighted by Gasteiger charge is 2.08. The third-order valence-corrected chi connectivity index (χ3v) is 0.740. The van der Waals surface area contributed by atoms with Crippen LogP contribution in [0.15, 0.2) is 0 Å². The Hall–Kier alpha value is -1.24. The van der Waals surface area contributed by atoms with Gasteiger partial charge >= 0.3 is 19.1 Å². The molecule has 0 aliphatic heterocycles. The number of hydrogen-bond acceptors (Lipinski definition) is 3. The Morgan fingerprint density at radius 3 is 2.45 bits per heavy atom. The average molecular weight is 160 g/mol. The van der Waals surface area contributed by atoms with Crippen LogP contribution in [0.25, 0.3) is 0 Å². The summed E-state index contributed by atoms with van der Waals surface area (Å²) in [4.78, 5) is 20.4. The molecule has 0 saturated heterocycles. The number of carboxylic acid groups (broad SMARTS) is 1. The SMILES string of the molecule is CB(O)NC(=O)NCC(=O)O. The molecule has 6 nitrogen and oxygen atoms in total. The van der Waals surface area contributed by atoms with Gasteiger partial charge in [-0.05, 0) is 6.82 Å². The first-order chi connectivity index (χ1) is 5.02. The van der Waals surface area contributed by atoms with Crippen molar-refractivity contribution in [3.05, 3.63) is 0 Å². The maximum Gasteiger partial charge on any atom is 0.410 e. The molecule has 0 unspecified atom stereocenters. The van der Waals surface area contributed by atoms with E-state index in [9.17, 15) is 9.59 Å². The molecule has 0 radical (unpaired) electrons. The van der Waals surface area contributed by atoms with Crippen LogP contribution in [0.2, 0.25) is 6.82 Å². The summed E-state index contributed by atoms with van der Waals surface area (Å²) in [6, 6.07) is -0.706. The van der Waals surface area contributed by atoms with Crippen molar-refractivity contribution in [1.82, 2.24) is 10.5 Å². The van der Waals surface area contributed by atoms with Crippen LogP contribution in [0.4, 0.5) is 4.79 Å². The molecule has 0 atom stereocenters. The van der Waals surface area contributed by atoms with E-state index in [1.165, 1.54) is 6.82 Å². The van der Waals surface area contributed by atoms with Crippen LogP contribution in [0.5, 0.6) is 0 Å². The fourth-order valence-corrected chi connectivity index (χ4v) is 0.397. The highest BCUT2D eigenvalue weighted by Crippen LogP contribution is 1.68. The van der Waals surface area contributed by atoms with E-state index in [-0.39, 0.29) is 0 Å². The summed E-state index contributed by atoms with van der Waals surface area (Å²) in [5.41, 5.74) is 0. The van der Waals surface area contributed by atoms with Crippen LogP contribution in [0.3, 0.4) is 0 Å². The number of rotatable bonds is 3. The number of carbonyl (C=O) groups excluding carboxylic acids is 1. The zero-order chi connectivity index (χ0) is 8.85. The molecule has 0 aromatic carbocycles. The lowest BCUT2D eigenvalue weighted by Gasteiger charge is -2.04. The van der Waals surface area contributed by atoms with Gasteiger partial charge < -0.3 is 20.7 Å². The van der Waals surface area contributed by atoms with Gasteiger partial charge in [0.1, 0.15) is 6.54 Å². The molecule has 0 heterocycles. The lowest BCUT2D eigenvalue weighted by atomic mass is 9.89. The lowest BCUT2D eigenvalue weighted by molar-refractivity contribution is -0.135. The summed E-state index contributed by atoms with van der Waals surface area (Å²) < 4.78 is 0. The van der Waals surface area contributed by atoms with E-state index in [4.69, 9.17) is 10.1 Å². The van der Waals surface area contributed by atoms with Crippen molar-refractivity contribution in [2.75, 3.05) is 6.54 Å². The first-order valence-electron chi connectivity index (χ1n) is 2.96. The molecule has 0 spiro atoms. The number of amides is 2. The topological polar surface area (TPSA) is 98.7 Å². The van der Waals surface area contributed by atoms with Crippen molar-refractivity contribution in [2.45, 2.75) is 6.82 Å². The highest BCUT2D eigenvalue weighted by molar-refractivity contribution is 6.49. The summed E-state index contributed by atoms with van der Waals surface area (Å²) in [5.74, 6) is -1.13. The van der Waals surface area contributed by atoms with Gasteiger partial charge in [-0.3, -0.25) is 9.59 Å². The number of nitrogens with one attached hydrogen (secondary N) is 2. The van der Waals surface area contributed by atoms with Crippen molar-refractivity contribution < 1.29 is 19.7 Å². The minimum Gasteiger partial charge on any atom is -0.480 e. The van der Waals surface area contributed by atoms with E-state index in [1.54, 1.807) is 0 Å². The van der Waals surface area contributed by atoms with E-state index in [0.29, 0.717) is 0 Å². The first-order valence-corrected chi connectivity index (χ1v) is 2.96. The molecular formula is C4H9BN2O4. The molecule has 2 amide bonds. The maximum absolute atomic E-state index is 10.5. The fourth-order valence-electron chi connectivity index (χ4n) is 0.397.